The largest absolute Gasteiger partial charge is 0.381 e. The van der Waals surface area contributed by atoms with E-state index < -0.39 is 4.92 Å². The van der Waals surface area contributed by atoms with Gasteiger partial charge in [-0.05, 0) is 45.8 Å². The van der Waals surface area contributed by atoms with Crippen LogP contribution in [0.1, 0.15) is 5.56 Å². The highest BCUT2D eigenvalue weighted by Gasteiger charge is 2.09. The van der Waals surface area contributed by atoms with Crippen LogP contribution in [-0.2, 0) is 6.54 Å². The van der Waals surface area contributed by atoms with E-state index in [4.69, 9.17) is 11.6 Å². The van der Waals surface area contributed by atoms with E-state index in [1.54, 1.807) is 6.07 Å². The van der Waals surface area contributed by atoms with Crippen LogP contribution in [0.5, 0.6) is 0 Å². The monoisotopic (exact) mass is 418 g/mol. The maximum atomic E-state index is 10.7. The number of halogens is 3. The molecule has 0 heterocycles. The molecule has 4 nitrogen and oxygen atoms in total. The Labute approximate surface area is 137 Å². The van der Waals surface area contributed by atoms with Crippen LogP contribution in [0, 0.1) is 10.1 Å². The van der Waals surface area contributed by atoms with Gasteiger partial charge in [0.25, 0.3) is 5.69 Å². The lowest BCUT2D eigenvalue weighted by Crippen LogP contribution is -2.00. The zero-order chi connectivity index (χ0) is 14.7. The number of hydrogen-bond donors (Lipinski definition) is 1. The van der Waals surface area contributed by atoms with Crippen molar-refractivity contribution in [1.29, 1.82) is 0 Å². The molecule has 0 aliphatic heterocycles. The fourth-order valence-electron chi connectivity index (χ4n) is 1.60. The number of non-ortho nitro benzene ring substituents is 1. The SMILES string of the molecule is O=[N+]([O-])c1ccc(CNc2ccc(Br)c(Cl)c2)c(Br)c1. The van der Waals surface area contributed by atoms with Crippen molar-refractivity contribution in [3.63, 3.8) is 0 Å². The Morgan fingerprint density at radius 2 is 1.90 bits per heavy atom. The fraction of sp³-hybridized carbons (Fsp3) is 0.0769. The molecule has 0 aliphatic carbocycles. The Morgan fingerprint density at radius 1 is 1.15 bits per heavy atom. The average Bonchev–Trinajstić information content (AvgIpc) is 2.41. The predicted octanol–water partition coefficient (Wildman–Crippen LogP) is 5.39. The fourth-order valence-corrected chi connectivity index (χ4v) is 2.53. The first-order valence-corrected chi connectivity index (χ1v) is 7.55. The molecule has 0 atom stereocenters. The second-order valence-corrected chi connectivity index (χ2v) is 6.13. The first-order valence-electron chi connectivity index (χ1n) is 5.59. The average molecular weight is 420 g/mol. The van der Waals surface area contributed by atoms with Gasteiger partial charge in [0.2, 0.25) is 0 Å². The van der Waals surface area contributed by atoms with Crippen molar-refractivity contribution in [3.8, 4) is 0 Å². The predicted molar refractivity (Wildman–Crippen MR) is 87.3 cm³/mol. The van der Waals surface area contributed by atoms with E-state index in [-0.39, 0.29) is 5.69 Å². The standard InChI is InChI=1S/C13H9Br2ClN2O2/c14-11-4-2-9(5-13(11)16)17-7-8-1-3-10(18(19)20)6-12(8)15/h1-6,17H,7H2. The molecule has 0 aliphatic rings. The summed E-state index contributed by atoms with van der Waals surface area (Å²) in [4.78, 5) is 10.2. The quantitative estimate of drug-likeness (QED) is 0.533. The van der Waals surface area contributed by atoms with Crippen molar-refractivity contribution in [2.75, 3.05) is 5.32 Å². The van der Waals surface area contributed by atoms with Crippen LogP contribution in [0.3, 0.4) is 0 Å². The summed E-state index contributed by atoms with van der Waals surface area (Å²) in [6, 6.07) is 10.3. The van der Waals surface area contributed by atoms with Crippen LogP contribution < -0.4 is 5.32 Å². The van der Waals surface area contributed by atoms with Gasteiger partial charge in [0.1, 0.15) is 0 Å². The van der Waals surface area contributed by atoms with E-state index in [0.29, 0.717) is 16.0 Å². The van der Waals surface area contributed by atoms with Crippen LogP contribution in [0.25, 0.3) is 0 Å². The van der Waals surface area contributed by atoms with Gasteiger partial charge >= 0.3 is 0 Å². The van der Waals surface area contributed by atoms with Gasteiger partial charge in [-0.2, -0.15) is 0 Å². The molecule has 0 unspecified atom stereocenters. The molecule has 20 heavy (non-hydrogen) atoms. The molecule has 2 aromatic carbocycles. The Morgan fingerprint density at radius 3 is 2.50 bits per heavy atom. The van der Waals surface area contributed by atoms with Crippen LogP contribution in [0.4, 0.5) is 11.4 Å². The molecule has 0 amide bonds. The number of rotatable bonds is 4. The summed E-state index contributed by atoms with van der Waals surface area (Å²) in [6.45, 7) is 0.538. The van der Waals surface area contributed by atoms with Gasteiger partial charge in [0, 0.05) is 33.3 Å². The van der Waals surface area contributed by atoms with Crippen LogP contribution >= 0.6 is 43.5 Å². The van der Waals surface area contributed by atoms with Crippen molar-refractivity contribution >= 4 is 54.8 Å². The van der Waals surface area contributed by atoms with Crippen LogP contribution in [0.15, 0.2) is 45.3 Å². The lowest BCUT2D eigenvalue weighted by molar-refractivity contribution is -0.384. The minimum atomic E-state index is -0.420. The Kier molecular flexibility index (Phi) is 5.01. The van der Waals surface area contributed by atoms with E-state index in [1.165, 1.54) is 12.1 Å². The molecule has 1 N–H and O–H groups in total. The summed E-state index contributed by atoms with van der Waals surface area (Å²) in [5.41, 5.74) is 1.87. The summed E-state index contributed by atoms with van der Waals surface area (Å²) in [7, 11) is 0. The minimum absolute atomic E-state index is 0.0623. The molecule has 2 rings (SSSR count). The van der Waals surface area contributed by atoms with Gasteiger partial charge in [-0.25, -0.2) is 0 Å². The maximum absolute atomic E-state index is 10.7. The highest BCUT2D eigenvalue weighted by atomic mass is 79.9. The summed E-state index contributed by atoms with van der Waals surface area (Å²) >= 11 is 12.7. The third-order valence-electron chi connectivity index (χ3n) is 2.65. The first-order chi connectivity index (χ1) is 9.47. The van der Waals surface area contributed by atoms with E-state index in [2.05, 4.69) is 37.2 Å². The van der Waals surface area contributed by atoms with Gasteiger partial charge in [-0.15, -0.1) is 0 Å². The van der Waals surface area contributed by atoms with Gasteiger partial charge in [0.05, 0.1) is 9.95 Å². The smallest absolute Gasteiger partial charge is 0.270 e. The first kappa shape index (κ1) is 15.3. The molecule has 0 bridgehead atoms. The molecule has 0 aromatic heterocycles. The number of nitro benzene ring substituents is 1. The molecular formula is C13H9Br2ClN2O2. The number of anilines is 1. The lowest BCUT2D eigenvalue weighted by atomic mass is 10.2. The number of nitrogens with one attached hydrogen (secondary N) is 1. The Hall–Kier alpha value is -1.11. The number of nitro groups is 1. The van der Waals surface area contributed by atoms with Crippen molar-refractivity contribution in [2.24, 2.45) is 0 Å². The zero-order valence-electron chi connectivity index (χ0n) is 10.1. The van der Waals surface area contributed by atoms with Crippen molar-refractivity contribution in [2.45, 2.75) is 6.54 Å². The second-order valence-electron chi connectivity index (χ2n) is 4.02. The topological polar surface area (TPSA) is 55.2 Å². The van der Waals surface area contributed by atoms with Crippen molar-refractivity contribution in [3.05, 3.63) is 66.0 Å². The van der Waals surface area contributed by atoms with Crippen molar-refractivity contribution in [1.82, 2.24) is 0 Å². The molecule has 7 heteroatoms. The minimum Gasteiger partial charge on any atom is -0.381 e. The third kappa shape index (κ3) is 3.71. The van der Waals surface area contributed by atoms with E-state index in [1.807, 2.05) is 18.2 Å². The maximum Gasteiger partial charge on any atom is 0.270 e. The molecule has 0 radical (unpaired) electrons. The second kappa shape index (κ2) is 6.56. The van der Waals surface area contributed by atoms with Gasteiger partial charge in [-0.3, -0.25) is 10.1 Å². The normalized spacial score (nSPS) is 10.3. The number of hydrogen-bond acceptors (Lipinski definition) is 3. The van der Waals surface area contributed by atoms with E-state index in [9.17, 15) is 10.1 Å². The highest BCUT2D eigenvalue weighted by molar-refractivity contribution is 9.10. The molecule has 0 saturated carbocycles. The van der Waals surface area contributed by atoms with Crippen molar-refractivity contribution < 1.29 is 4.92 Å². The molecule has 104 valence electrons. The lowest BCUT2D eigenvalue weighted by Gasteiger charge is -2.09. The summed E-state index contributed by atoms with van der Waals surface area (Å²) in [5, 5.41) is 14.5. The number of nitrogens with zero attached hydrogens (tertiary/aromatic N) is 1. The molecule has 2 aromatic rings. The van der Waals surface area contributed by atoms with E-state index >= 15 is 0 Å². The van der Waals surface area contributed by atoms with Crippen LogP contribution in [0.2, 0.25) is 5.02 Å². The zero-order valence-corrected chi connectivity index (χ0v) is 14.0. The molecular weight excluding hydrogens is 411 g/mol. The van der Waals surface area contributed by atoms with Gasteiger partial charge in [0.15, 0.2) is 0 Å². The Bertz CT molecular complexity index is 665. The molecule has 0 spiro atoms. The highest BCUT2D eigenvalue weighted by Crippen LogP contribution is 2.27. The Balaban J connectivity index is 2.10. The van der Waals surface area contributed by atoms with E-state index in [0.717, 1.165) is 15.7 Å². The summed E-state index contributed by atoms with van der Waals surface area (Å²) in [6.07, 6.45) is 0. The van der Waals surface area contributed by atoms with Gasteiger partial charge in [-0.1, -0.05) is 27.5 Å². The number of benzene rings is 2. The summed E-state index contributed by atoms with van der Waals surface area (Å²) < 4.78 is 1.53. The molecule has 0 saturated heterocycles. The molecule has 0 fully saturated rings. The van der Waals surface area contributed by atoms with Crippen LogP contribution in [-0.4, -0.2) is 4.92 Å². The van der Waals surface area contributed by atoms with Gasteiger partial charge < -0.3 is 5.32 Å². The summed E-state index contributed by atoms with van der Waals surface area (Å²) in [5.74, 6) is 0. The third-order valence-corrected chi connectivity index (χ3v) is 4.62.